The Kier molecular flexibility index (Phi) is 4.44. The number of carboxylic acid groups (broad SMARTS) is 1. The Morgan fingerprint density at radius 3 is 2.88 bits per heavy atom. The third kappa shape index (κ3) is 3.07. The monoisotopic (exact) mass is 349 g/mol. The molecule has 1 amide bonds. The van der Waals surface area contributed by atoms with Crippen molar-refractivity contribution in [1.29, 1.82) is 0 Å². The van der Waals surface area contributed by atoms with Crippen LogP contribution in [0.1, 0.15) is 29.0 Å². The molecule has 0 atom stereocenters. The summed E-state index contributed by atoms with van der Waals surface area (Å²) < 4.78 is 6.63. The zero-order valence-electron chi connectivity index (χ0n) is 13.0. The zero-order chi connectivity index (χ0) is 17.3. The van der Waals surface area contributed by atoms with Gasteiger partial charge in [-0.15, -0.1) is 0 Å². The number of aryl methyl sites for hydroxylation is 1. The van der Waals surface area contributed by atoms with Crippen molar-refractivity contribution in [3.05, 3.63) is 40.7 Å². The van der Waals surface area contributed by atoms with Crippen LogP contribution in [0.4, 0.5) is 10.6 Å². The Labute approximate surface area is 143 Å². The number of ether oxygens (including phenoxy) is 1. The second-order valence-electron chi connectivity index (χ2n) is 5.51. The second-order valence-corrected chi connectivity index (χ2v) is 5.94. The second kappa shape index (κ2) is 6.52. The van der Waals surface area contributed by atoms with E-state index in [1.807, 2.05) is 0 Å². The van der Waals surface area contributed by atoms with E-state index in [9.17, 15) is 9.59 Å². The summed E-state index contributed by atoms with van der Waals surface area (Å²) in [7, 11) is 1.53. The molecule has 1 aliphatic heterocycles. The number of halogens is 1. The van der Waals surface area contributed by atoms with Crippen LogP contribution in [0.5, 0.6) is 5.88 Å². The average molecular weight is 350 g/mol. The fourth-order valence-corrected chi connectivity index (χ4v) is 2.95. The van der Waals surface area contributed by atoms with Crippen molar-refractivity contribution >= 4 is 29.5 Å². The average Bonchev–Trinajstić information content (AvgIpc) is 2.91. The van der Waals surface area contributed by atoms with Crippen LogP contribution in [0.3, 0.4) is 0 Å². The smallest absolute Gasteiger partial charge is 0.449 e. The minimum absolute atomic E-state index is 0.0788. The van der Waals surface area contributed by atoms with E-state index < -0.39 is 6.16 Å². The van der Waals surface area contributed by atoms with Crippen molar-refractivity contribution < 1.29 is 19.4 Å². The fraction of sp³-hybridized carbons (Fsp3) is 0.312. The highest BCUT2D eigenvalue weighted by Gasteiger charge is 2.28. The van der Waals surface area contributed by atoms with E-state index in [4.69, 9.17) is 21.4 Å². The van der Waals surface area contributed by atoms with Crippen LogP contribution in [0.2, 0.25) is 5.02 Å². The Morgan fingerprint density at radius 1 is 1.38 bits per heavy atom. The molecule has 8 heteroatoms. The minimum atomic E-state index is -1.44. The molecule has 0 saturated carbocycles. The molecule has 0 unspecified atom stereocenters. The van der Waals surface area contributed by atoms with Gasteiger partial charge >= 0.3 is 6.16 Å². The van der Waals surface area contributed by atoms with Crippen LogP contribution in [0.25, 0.3) is 0 Å². The van der Waals surface area contributed by atoms with Crippen molar-refractivity contribution in [2.75, 3.05) is 11.9 Å². The number of imidazole rings is 1. The van der Waals surface area contributed by atoms with Crippen LogP contribution in [-0.4, -0.2) is 33.8 Å². The van der Waals surface area contributed by atoms with E-state index in [2.05, 4.69) is 4.98 Å². The molecule has 7 nitrogen and oxygen atoms in total. The summed E-state index contributed by atoms with van der Waals surface area (Å²) in [6, 6.07) is 6.54. The van der Waals surface area contributed by atoms with E-state index in [1.54, 1.807) is 28.8 Å². The van der Waals surface area contributed by atoms with Gasteiger partial charge in [-0.2, -0.15) is 0 Å². The number of hydrogen-bond donors (Lipinski definition) is 1. The standard InChI is InChI=1S/C16H16ClN3O4/c1-19(14(21)10-5-4-6-11(17)9-10)13-15(24-16(22)23)20-8-3-2-7-12(20)18-13/h4-6,9H,2-3,7-8H2,1H3,(H,22,23). The molecule has 1 aliphatic rings. The molecule has 126 valence electrons. The maximum Gasteiger partial charge on any atom is 0.512 e. The van der Waals surface area contributed by atoms with Crippen molar-refractivity contribution in [3.8, 4) is 5.88 Å². The first-order valence-electron chi connectivity index (χ1n) is 7.51. The molecular weight excluding hydrogens is 334 g/mol. The predicted octanol–water partition coefficient (Wildman–Crippen LogP) is 3.21. The van der Waals surface area contributed by atoms with Crippen LogP contribution < -0.4 is 9.64 Å². The first-order chi connectivity index (χ1) is 11.5. The van der Waals surface area contributed by atoms with Gasteiger partial charge in [-0.1, -0.05) is 17.7 Å². The minimum Gasteiger partial charge on any atom is -0.449 e. The molecule has 2 aromatic rings. The van der Waals surface area contributed by atoms with E-state index >= 15 is 0 Å². The van der Waals surface area contributed by atoms with Gasteiger partial charge in [0.15, 0.2) is 5.82 Å². The molecule has 0 aliphatic carbocycles. The highest BCUT2D eigenvalue weighted by molar-refractivity contribution is 6.31. The predicted molar refractivity (Wildman–Crippen MR) is 88.0 cm³/mol. The largest absolute Gasteiger partial charge is 0.512 e. The number of nitrogens with zero attached hydrogens (tertiary/aromatic N) is 3. The molecule has 1 aromatic carbocycles. The Bertz CT molecular complexity index is 803. The molecule has 0 saturated heterocycles. The number of carbonyl (C=O) groups is 2. The third-order valence-electron chi connectivity index (χ3n) is 3.89. The number of amides is 1. The first-order valence-corrected chi connectivity index (χ1v) is 7.89. The molecule has 2 heterocycles. The van der Waals surface area contributed by atoms with Crippen LogP contribution in [-0.2, 0) is 13.0 Å². The molecule has 0 spiro atoms. The van der Waals surface area contributed by atoms with E-state index in [0.29, 0.717) is 17.1 Å². The molecular formula is C16H16ClN3O4. The number of carbonyl (C=O) groups excluding carboxylic acids is 1. The summed E-state index contributed by atoms with van der Waals surface area (Å²) >= 11 is 5.93. The van der Waals surface area contributed by atoms with Gasteiger partial charge < -0.3 is 9.84 Å². The summed E-state index contributed by atoms with van der Waals surface area (Å²) in [5.41, 5.74) is 0.386. The molecule has 0 fully saturated rings. The Hall–Kier alpha value is -2.54. The third-order valence-corrected chi connectivity index (χ3v) is 4.13. The Balaban J connectivity index is 1.99. The van der Waals surface area contributed by atoms with Gasteiger partial charge in [0, 0.05) is 30.6 Å². The highest BCUT2D eigenvalue weighted by atomic mass is 35.5. The topological polar surface area (TPSA) is 84.7 Å². The van der Waals surface area contributed by atoms with Crippen molar-refractivity contribution in [2.24, 2.45) is 0 Å². The number of anilines is 1. The number of fused-ring (bicyclic) bond motifs is 1. The maximum atomic E-state index is 12.7. The number of benzene rings is 1. The highest BCUT2D eigenvalue weighted by Crippen LogP contribution is 2.33. The first kappa shape index (κ1) is 16.3. The molecule has 0 bridgehead atoms. The normalized spacial score (nSPS) is 13.2. The van der Waals surface area contributed by atoms with Crippen molar-refractivity contribution in [3.63, 3.8) is 0 Å². The van der Waals surface area contributed by atoms with Crippen LogP contribution in [0.15, 0.2) is 24.3 Å². The quantitative estimate of drug-likeness (QED) is 0.860. The Morgan fingerprint density at radius 2 is 2.17 bits per heavy atom. The summed E-state index contributed by atoms with van der Waals surface area (Å²) in [5, 5.41) is 9.45. The van der Waals surface area contributed by atoms with E-state index in [0.717, 1.165) is 25.1 Å². The lowest BCUT2D eigenvalue weighted by atomic mass is 10.2. The zero-order valence-corrected chi connectivity index (χ0v) is 13.8. The molecule has 1 aromatic heterocycles. The van der Waals surface area contributed by atoms with E-state index in [-0.39, 0.29) is 17.6 Å². The van der Waals surface area contributed by atoms with Crippen LogP contribution >= 0.6 is 11.6 Å². The van der Waals surface area contributed by atoms with E-state index in [1.165, 1.54) is 11.9 Å². The molecule has 1 N–H and O–H groups in total. The summed E-state index contributed by atoms with van der Waals surface area (Å²) in [6.45, 7) is 0.615. The fourth-order valence-electron chi connectivity index (χ4n) is 2.76. The number of aromatic nitrogens is 2. The van der Waals surface area contributed by atoms with Crippen LogP contribution in [0, 0.1) is 0 Å². The summed E-state index contributed by atoms with van der Waals surface area (Å²) in [6.07, 6.45) is 1.16. The van der Waals surface area contributed by atoms with Gasteiger partial charge in [0.25, 0.3) is 11.8 Å². The number of hydrogen-bond acceptors (Lipinski definition) is 4. The SMILES string of the molecule is CN(C(=O)c1cccc(Cl)c1)c1nc2n(c1OC(=O)O)CCCC2. The molecule has 0 radical (unpaired) electrons. The summed E-state index contributed by atoms with van der Waals surface area (Å²) in [4.78, 5) is 29.4. The summed E-state index contributed by atoms with van der Waals surface area (Å²) in [5.74, 6) is 0.649. The van der Waals surface area contributed by atoms with Crippen molar-refractivity contribution in [2.45, 2.75) is 25.8 Å². The number of rotatable bonds is 3. The molecule has 24 heavy (non-hydrogen) atoms. The van der Waals surface area contributed by atoms with Gasteiger partial charge in [-0.25, -0.2) is 9.78 Å². The lowest BCUT2D eigenvalue weighted by Crippen LogP contribution is -2.27. The lowest BCUT2D eigenvalue weighted by Gasteiger charge is -2.17. The van der Waals surface area contributed by atoms with Gasteiger partial charge in [-0.05, 0) is 31.0 Å². The lowest BCUT2D eigenvalue weighted by molar-refractivity contribution is 0.0989. The van der Waals surface area contributed by atoms with Gasteiger partial charge in [0.05, 0.1) is 0 Å². The van der Waals surface area contributed by atoms with Gasteiger partial charge in [-0.3, -0.25) is 14.3 Å². The molecule has 3 rings (SSSR count). The van der Waals surface area contributed by atoms with Crippen molar-refractivity contribution in [1.82, 2.24) is 9.55 Å². The maximum absolute atomic E-state index is 12.7. The van der Waals surface area contributed by atoms with Gasteiger partial charge in [0.1, 0.15) is 5.82 Å². The van der Waals surface area contributed by atoms with Gasteiger partial charge in [0.2, 0.25) is 0 Å².